The number of carbonyl (C=O) groups is 1. The number of hydrogen-bond acceptors (Lipinski definition) is 8. The van der Waals surface area contributed by atoms with E-state index in [0.29, 0.717) is 18.6 Å². The van der Waals surface area contributed by atoms with E-state index < -0.39 is 15.9 Å². The fourth-order valence-electron chi connectivity index (χ4n) is 5.00. The summed E-state index contributed by atoms with van der Waals surface area (Å²) in [4.78, 5) is 19.5. The number of aromatic nitrogens is 3. The lowest BCUT2D eigenvalue weighted by Gasteiger charge is -2.34. The summed E-state index contributed by atoms with van der Waals surface area (Å²) in [6.45, 7) is 1.38. The average molecular weight is 520 g/mol. The van der Waals surface area contributed by atoms with Gasteiger partial charge in [0, 0.05) is 36.6 Å². The van der Waals surface area contributed by atoms with Crippen molar-refractivity contribution in [3.8, 4) is 11.4 Å². The summed E-state index contributed by atoms with van der Waals surface area (Å²) in [6, 6.07) is 15.5. The van der Waals surface area contributed by atoms with Gasteiger partial charge in [0.15, 0.2) is 0 Å². The zero-order valence-corrected chi connectivity index (χ0v) is 20.9. The maximum Gasteiger partial charge on any atom is 0.283 e. The fourth-order valence-corrected chi connectivity index (χ4v) is 6.15. The molecule has 190 valence electrons. The van der Waals surface area contributed by atoms with Gasteiger partial charge in [0.25, 0.3) is 15.9 Å². The molecule has 2 atom stereocenters. The highest BCUT2D eigenvalue weighted by Gasteiger charge is 2.34. The Balaban J connectivity index is 1.28. The van der Waals surface area contributed by atoms with Crippen LogP contribution in [-0.4, -0.2) is 61.5 Å². The van der Waals surface area contributed by atoms with Crippen LogP contribution in [-0.2, 0) is 14.8 Å². The van der Waals surface area contributed by atoms with E-state index >= 15 is 0 Å². The molecule has 2 unspecified atom stereocenters. The minimum absolute atomic E-state index is 0.0198. The molecule has 2 aromatic heterocycles. The molecule has 2 aliphatic heterocycles. The largest absolute Gasteiger partial charge is 0.495 e. The highest BCUT2D eigenvalue weighted by Crippen LogP contribution is 2.33. The van der Waals surface area contributed by atoms with Crippen LogP contribution in [0, 0.1) is 0 Å². The van der Waals surface area contributed by atoms with Crippen LogP contribution in [0.3, 0.4) is 0 Å². The van der Waals surface area contributed by atoms with Crippen LogP contribution in [0.2, 0.25) is 0 Å². The fraction of sp³-hybridized carbons (Fsp3) is 0.269. The van der Waals surface area contributed by atoms with E-state index in [4.69, 9.17) is 9.47 Å². The van der Waals surface area contributed by atoms with E-state index in [-0.39, 0.29) is 28.5 Å². The Kier molecular flexibility index (Phi) is 5.81. The molecule has 4 heterocycles. The van der Waals surface area contributed by atoms with Crippen molar-refractivity contribution in [2.75, 3.05) is 25.1 Å². The Labute approximate surface area is 213 Å². The summed E-state index contributed by atoms with van der Waals surface area (Å²) in [6.07, 6.45) is 5.78. The SMILES string of the molecule is COc1ccc(N2CC3CCC(C2)O3)cc1S(=O)(=O)NC(=O)c1ccc2c(-n3cccn3)cccc2n1. The quantitative estimate of drug-likeness (QED) is 0.414. The van der Waals surface area contributed by atoms with E-state index in [9.17, 15) is 13.2 Å². The number of anilines is 1. The number of benzene rings is 2. The van der Waals surface area contributed by atoms with Crippen LogP contribution in [0.25, 0.3) is 16.6 Å². The number of hydrogen-bond donors (Lipinski definition) is 1. The molecule has 2 bridgehead atoms. The molecule has 37 heavy (non-hydrogen) atoms. The summed E-state index contributed by atoms with van der Waals surface area (Å²) in [5, 5.41) is 5.03. The molecule has 0 radical (unpaired) electrons. The standard InChI is InChI=1S/C26H25N5O5S/c1-35-24-11-6-17(30-15-18-7-8-19(16-30)36-18)14-25(24)37(33,34)29-26(32)22-10-9-20-21(28-22)4-2-5-23(20)31-13-3-12-27-31/h2-6,9-14,18-19H,7-8,15-16H2,1H3,(H,29,32). The van der Waals surface area contributed by atoms with E-state index in [0.717, 1.165) is 29.6 Å². The Morgan fingerprint density at radius 1 is 1.08 bits per heavy atom. The minimum Gasteiger partial charge on any atom is -0.495 e. The van der Waals surface area contributed by atoms with Gasteiger partial charge < -0.3 is 14.4 Å². The van der Waals surface area contributed by atoms with Gasteiger partial charge in [0.2, 0.25) is 0 Å². The maximum absolute atomic E-state index is 13.4. The maximum atomic E-state index is 13.4. The summed E-state index contributed by atoms with van der Waals surface area (Å²) < 4.78 is 41.8. The Morgan fingerprint density at radius 3 is 2.62 bits per heavy atom. The first-order valence-electron chi connectivity index (χ1n) is 12.0. The lowest BCUT2D eigenvalue weighted by molar-refractivity contribution is 0.0305. The topological polar surface area (TPSA) is 116 Å². The summed E-state index contributed by atoms with van der Waals surface area (Å²) in [5.74, 6) is -0.682. The number of amides is 1. The number of fused-ring (bicyclic) bond motifs is 3. The lowest BCUT2D eigenvalue weighted by atomic mass is 10.1. The third kappa shape index (κ3) is 4.40. The van der Waals surface area contributed by atoms with Gasteiger partial charge in [0.1, 0.15) is 16.3 Å². The first-order valence-corrected chi connectivity index (χ1v) is 13.4. The van der Waals surface area contributed by atoms with Crippen LogP contribution >= 0.6 is 0 Å². The van der Waals surface area contributed by atoms with Crippen molar-refractivity contribution in [2.24, 2.45) is 0 Å². The molecule has 11 heteroatoms. The molecule has 2 saturated heterocycles. The number of methoxy groups -OCH3 is 1. The molecule has 0 saturated carbocycles. The second-order valence-corrected chi connectivity index (χ2v) is 10.8. The van der Waals surface area contributed by atoms with Gasteiger partial charge in [-0.3, -0.25) is 4.79 Å². The van der Waals surface area contributed by atoms with Gasteiger partial charge in [-0.15, -0.1) is 0 Å². The Bertz CT molecular complexity index is 1580. The molecule has 10 nitrogen and oxygen atoms in total. The van der Waals surface area contributed by atoms with Gasteiger partial charge in [-0.2, -0.15) is 5.10 Å². The number of nitrogens with zero attached hydrogens (tertiary/aromatic N) is 4. The van der Waals surface area contributed by atoms with Crippen LogP contribution in [0.1, 0.15) is 23.3 Å². The predicted octanol–water partition coefficient (Wildman–Crippen LogP) is 2.92. The number of sulfonamides is 1. The molecule has 2 aliphatic rings. The Morgan fingerprint density at radius 2 is 1.89 bits per heavy atom. The van der Waals surface area contributed by atoms with Crippen LogP contribution in [0.4, 0.5) is 5.69 Å². The second kappa shape index (κ2) is 9.16. The highest BCUT2D eigenvalue weighted by molar-refractivity contribution is 7.90. The normalized spacial score (nSPS) is 19.2. The second-order valence-electron chi connectivity index (χ2n) is 9.12. The molecule has 1 N–H and O–H groups in total. The van der Waals surface area contributed by atoms with Crippen molar-refractivity contribution in [3.63, 3.8) is 0 Å². The number of carbonyl (C=O) groups excluding carboxylic acids is 1. The molecular formula is C26H25N5O5S. The monoisotopic (exact) mass is 519 g/mol. The average Bonchev–Trinajstić information content (AvgIpc) is 3.56. The first kappa shape index (κ1) is 23.4. The van der Waals surface area contributed by atoms with E-state index in [1.165, 1.54) is 13.2 Å². The van der Waals surface area contributed by atoms with Crippen LogP contribution in [0.15, 0.2) is 71.9 Å². The number of nitrogens with one attached hydrogen (secondary N) is 1. The molecule has 1 amide bonds. The lowest BCUT2D eigenvalue weighted by Crippen LogP contribution is -2.42. The number of pyridine rings is 1. The summed E-state index contributed by atoms with van der Waals surface area (Å²) in [7, 11) is -2.86. The molecule has 4 aromatic rings. The number of ether oxygens (including phenoxy) is 2. The third-order valence-electron chi connectivity index (χ3n) is 6.77. The van der Waals surface area contributed by atoms with Crippen LogP contribution < -0.4 is 14.4 Å². The van der Waals surface area contributed by atoms with Crippen molar-refractivity contribution in [1.82, 2.24) is 19.5 Å². The number of rotatable bonds is 6. The Hall–Kier alpha value is -3.96. The van der Waals surface area contributed by atoms with Crippen molar-refractivity contribution >= 4 is 32.5 Å². The van der Waals surface area contributed by atoms with Crippen LogP contribution in [0.5, 0.6) is 5.75 Å². The van der Waals surface area contributed by atoms with Gasteiger partial charge >= 0.3 is 0 Å². The summed E-state index contributed by atoms with van der Waals surface area (Å²) >= 11 is 0. The van der Waals surface area contributed by atoms with Crippen molar-refractivity contribution in [2.45, 2.75) is 29.9 Å². The van der Waals surface area contributed by atoms with Crippen molar-refractivity contribution < 1.29 is 22.7 Å². The van der Waals surface area contributed by atoms with E-state index in [2.05, 4.69) is 19.7 Å². The zero-order chi connectivity index (χ0) is 25.6. The molecule has 6 rings (SSSR count). The molecular weight excluding hydrogens is 494 g/mol. The molecule has 0 aliphatic carbocycles. The van der Waals surface area contributed by atoms with E-state index in [1.807, 2.05) is 24.4 Å². The van der Waals surface area contributed by atoms with Crippen molar-refractivity contribution in [1.29, 1.82) is 0 Å². The van der Waals surface area contributed by atoms with Gasteiger partial charge in [-0.25, -0.2) is 22.8 Å². The molecule has 2 aromatic carbocycles. The number of morpholine rings is 1. The van der Waals surface area contributed by atoms with Gasteiger partial charge in [-0.05, 0) is 61.4 Å². The molecule has 2 fully saturated rings. The predicted molar refractivity (Wildman–Crippen MR) is 137 cm³/mol. The highest BCUT2D eigenvalue weighted by atomic mass is 32.2. The minimum atomic E-state index is -4.26. The third-order valence-corrected chi connectivity index (χ3v) is 8.12. The zero-order valence-electron chi connectivity index (χ0n) is 20.1. The smallest absolute Gasteiger partial charge is 0.283 e. The van der Waals surface area contributed by atoms with Gasteiger partial charge in [0.05, 0.1) is 30.5 Å². The first-order chi connectivity index (χ1) is 17.9. The van der Waals surface area contributed by atoms with Crippen molar-refractivity contribution in [3.05, 3.63) is 72.7 Å². The van der Waals surface area contributed by atoms with E-state index in [1.54, 1.807) is 41.2 Å². The molecule has 0 spiro atoms. The summed E-state index contributed by atoms with van der Waals surface area (Å²) in [5.41, 5.74) is 2.06. The van der Waals surface area contributed by atoms with Gasteiger partial charge in [-0.1, -0.05) is 6.07 Å².